The van der Waals surface area contributed by atoms with Gasteiger partial charge in [0.2, 0.25) is 0 Å². The molecule has 1 amide bonds. The van der Waals surface area contributed by atoms with Crippen LogP contribution in [0.1, 0.15) is 15.9 Å². The molecule has 0 unspecified atom stereocenters. The summed E-state index contributed by atoms with van der Waals surface area (Å²) < 4.78 is 12.7. The van der Waals surface area contributed by atoms with Gasteiger partial charge in [0.25, 0.3) is 11.6 Å². The summed E-state index contributed by atoms with van der Waals surface area (Å²) in [4.78, 5) is 26.0. The van der Waals surface area contributed by atoms with E-state index in [1.165, 1.54) is 18.2 Å². The maximum absolute atomic E-state index is 12.7. The average molecular weight is 275 g/mol. The molecule has 0 saturated heterocycles. The number of nitrogens with zero attached hydrogens (tertiary/aromatic N) is 2. The third-order valence-corrected chi connectivity index (χ3v) is 2.56. The Morgan fingerprint density at radius 1 is 1.35 bits per heavy atom. The molecular weight excluding hydrogens is 265 g/mol. The van der Waals surface area contributed by atoms with Gasteiger partial charge in [0, 0.05) is 6.07 Å². The fourth-order valence-corrected chi connectivity index (χ4v) is 1.62. The van der Waals surface area contributed by atoms with E-state index in [0.717, 1.165) is 12.3 Å². The van der Waals surface area contributed by atoms with Crippen molar-refractivity contribution in [1.82, 2.24) is 4.98 Å². The van der Waals surface area contributed by atoms with Crippen LogP contribution in [0.3, 0.4) is 0 Å². The zero-order valence-corrected chi connectivity index (χ0v) is 10.5. The summed E-state index contributed by atoms with van der Waals surface area (Å²) in [7, 11) is 0. The first-order valence-electron chi connectivity index (χ1n) is 5.65. The molecule has 7 heteroatoms. The number of hydrogen-bond donors (Lipinski definition) is 1. The van der Waals surface area contributed by atoms with Crippen molar-refractivity contribution in [1.29, 1.82) is 0 Å². The van der Waals surface area contributed by atoms with Crippen LogP contribution in [-0.4, -0.2) is 15.8 Å². The Kier molecular flexibility index (Phi) is 3.69. The van der Waals surface area contributed by atoms with E-state index in [0.29, 0.717) is 5.56 Å². The molecule has 1 aromatic heterocycles. The lowest BCUT2D eigenvalue weighted by atomic mass is 10.1. The van der Waals surface area contributed by atoms with Gasteiger partial charge in [-0.05, 0) is 30.7 Å². The average Bonchev–Trinajstić information content (AvgIpc) is 2.41. The first-order chi connectivity index (χ1) is 9.47. The quantitative estimate of drug-likeness (QED) is 0.689. The van der Waals surface area contributed by atoms with Crippen LogP contribution < -0.4 is 5.32 Å². The molecule has 0 aliphatic rings. The van der Waals surface area contributed by atoms with E-state index < -0.39 is 16.6 Å². The second kappa shape index (κ2) is 5.43. The molecular formula is C13H10FN3O3. The molecule has 0 aliphatic heterocycles. The third kappa shape index (κ3) is 2.94. The Morgan fingerprint density at radius 2 is 2.10 bits per heavy atom. The number of rotatable bonds is 3. The largest absolute Gasteiger partial charge is 0.306 e. The SMILES string of the molecule is Cc1ccc([N+](=O)[O-])c(C(=O)Nc2ccc(F)cn2)c1. The van der Waals surface area contributed by atoms with Gasteiger partial charge < -0.3 is 5.32 Å². The van der Waals surface area contributed by atoms with E-state index >= 15 is 0 Å². The van der Waals surface area contributed by atoms with Gasteiger partial charge in [0.1, 0.15) is 17.2 Å². The van der Waals surface area contributed by atoms with Crippen LogP contribution in [0.5, 0.6) is 0 Å². The number of benzene rings is 1. The van der Waals surface area contributed by atoms with Gasteiger partial charge in [0.15, 0.2) is 0 Å². The molecule has 0 fully saturated rings. The number of nitro groups is 1. The Morgan fingerprint density at radius 3 is 2.70 bits per heavy atom. The minimum absolute atomic E-state index is 0.0684. The van der Waals surface area contributed by atoms with Crippen molar-refractivity contribution in [2.45, 2.75) is 6.92 Å². The summed E-state index contributed by atoms with van der Waals surface area (Å²) in [6.07, 6.45) is 0.945. The van der Waals surface area contributed by atoms with Crippen LogP contribution in [0.15, 0.2) is 36.5 Å². The number of halogens is 1. The second-order valence-electron chi connectivity index (χ2n) is 4.09. The van der Waals surface area contributed by atoms with E-state index in [1.807, 2.05) is 0 Å². The molecule has 0 aliphatic carbocycles. The molecule has 6 nitrogen and oxygen atoms in total. The van der Waals surface area contributed by atoms with E-state index in [4.69, 9.17) is 0 Å². The number of carbonyl (C=O) groups is 1. The molecule has 0 saturated carbocycles. The molecule has 0 atom stereocenters. The van der Waals surface area contributed by atoms with E-state index in [-0.39, 0.29) is 17.1 Å². The monoisotopic (exact) mass is 275 g/mol. The van der Waals surface area contributed by atoms with Crippen LogP contribution >= 0.6 is 0 Å². The normalized spacial score (nSPS) is 10.1. The molecule has 1 N–H and O–H groups in total. The molecule has 2 aromatic rings. The van der Waals surface area contributed by atoms with Crippen molar-refractivity contribution in [2.75, 3.05) is 5.32 Å². The van der Waals surface area contributed by atoms with E-state index in [1.54, 1.807) is 13.0 Å². The van der Waals surface area contributed by atoms with E-state index in [2.05, 4.69) is 10.3 Å². The van der Waals surface area contributed by atoms with Crippen LogP contribution in [0.2, 0.25) is 0 Å². The summed E-state index contributed by atoms with van der Waals surface area (Å²) >= 11 is 0. The van der Waals surface area contributed by atoms with Crippen molar-refractivity contribution in [3.05, 3.63) is 63.6 Å². The first-order valence-corrected chi connectivity index (χ1v) is 5.65. The minimum Gasteiger partial charge on any atom is -0.306 e. The number of aromatic nitrogens is 1. The van der Waals surface area contributed by atoms with Crippen molar-refractivity contribution < 1.29 is 14.1 Å². The Hall–Kier alpha value is -2.83. The minimum atomic E-state index is -0.667. The number of nitro benzene ring substituents is 1. The fourth-order valence-electron chi connectivity index (χ4n) is 1.62. The van der Waals surface area contributed by atoms with Gasteiger partial charge in [0.05, 0.1) is 11.1 Å². The third-order valence-electron chi connectivity index (χ3n) is 2.56. The van der Waals surface area contributed by atoms with Gasteiger partial charge in [-0.2, -0.15) is 0 Å². The fraction of sp³-hybridized carbons (Fsp3) is 0.0769. The lowest BCUT2D eigenvalue weighted by Crippen LogP contribution is -2.15. The highest BCUT2D eigenvalue weighted by Crippen LogP contribution is 2.20. The number of carbonyl (C=O) groups excluding carboxylic acids is 1. The molecule has 0 bridgehead atoms. The number of aryl methyl sites for hydroxylation is 1. The lowest BCUT2D eigenvalue weighted by molar-refractivity contribution is -0.385. The first kappa shape index (κ1) is 13.6. The topological polar surface area (TPSA) is 85.1 Å². The molecule has 0 radical (unpaired) electrons. The number of pyridine rings is 1. The standard InChI is InChI=1S/C13H10FN3O3/c1-8-2-4-11(17(19)20)10(6-8)13(18)16-12-5-3-9(14)7-15-12/h2-7H,1H3,(H,15,16,18). The summed E-state index contributed by atoms with van der Waals surface area (Å²) in [6.45, 7) is 1.72. The highest BCUT2D eigenvalue weighted by Gasteiger charge is 2.20. The maximum Gasteiger partial charge on any atom is 0.282 e. The van der Waals surface area contributed by atoms with Crippen molar-refractivity contribution >= 4 is 17.4 Å². The molecule has 1 aromatic carbocycles. The van der Waals surface area contributed by atoms with Crippen LogP contribution in [0, 0.1) is 22.9 Å². The molecule has 2 rings (SSSR count). The highest BCUT2D eigenvalue weighted by molar-refractivity contribution is 6.06. The highest BCUT2D eigenvalue weighted by atomic mass is 19.1. The molecule has 20 heavy (non-hydrogen) atoms. The summed E-state index contributed by atoms with van der Waals surface area (Å²) in [6, 6.07) is 6.63. The summed E-state index contributed by atoms with van der Waals surface area (Å²) in [5, 5.41) is 13.3. The zero-order valence-electron chi connectivity index (χ0n) is 10.5. The van der Waals surface area contributed by atoms with Gasteiger partial charge in [-0.3, -0.25) is 14.9 Å². The smallest absolute Gasteiger partial charge is 0.282 e. The van der Waals surface area contributed by atoms with Gasteiger partial charge >= 0.3 is 0 Å². The molecule has 102 valence electrons. The van der Waals surface area contributed by atoms with Crippen LogP contribution in [0.4, 0.5) is 15.9 Å². The summed E-state index contributed by atoms with van der Waals surface area (Å²) in [5.74, 6) is -1.09. The van der Waals surface area contributed by atoms with Crippen molar-refractivity contribution in [3.63, 3.8) is 0 Å². The Bertz CT molecular complexity index is 671. The molecule has 0 spiro atoms. The van der Waals surface area contributed by atoms with Crippen LogP contribution in [-0.2, 0) is 0 Å². The van der Waals surface area contributed by atoms with Crippen LogP contribution in [0.25, 0.3) is 0 Å². The number of amides is 1. The van der Waals surface area contributed by atoms with Gasteiger partial charge in [-0.1, -0.05) is 6.07 Å². The van der Waals surface area contributed by atoms with Crippen molar-refractivity contribution in [3.8, 4) is 0 Å². The van der Waals surface area contributed by atoms with Crippen molar-refractivity contribution in [2.24, 2.45) is 0 Å². The Balaban J connectivity index is 2.31. The molecule has 1 heterocycles. The second-order valence-corrected chi connectivity index (χ2v) is 4.09. The van der Waals surface area contributed by atoms with E-state index in [9.17, 15) is 19.3 Å². The number of nitrogens with one attached hydrogen (secondary N) is 1. The Labute approximate surface area is 113 Å². The summed E-state index contributed by atoms with van der Waals surface area (Å²) in [5.41, 5.74) is 0.351. The van der Waals surface area contributed by atoms with Gasteiger partial charge in [-0.25, -0.2) is 9.37 Å². The maximum atomic E-state index is 12.7. The zero-order chi connectivity index (χ0) is 14.7. The number of anilines is 1. The lowest BCUT2D eigenvalue weighted by Gasteiger charge is -2.05. The predicted molar refractivity (Wildman–Crippen MR) is 70.0 cm³/mol. The van der Waals surface area contributed by atoms with Gasteiger partial charge in [-0.15, -0.1) is 0 Å². The predicted octanol–water partition coefficient (Wildman–Crippen LogP) is 2.69. The number of hydrogen-bond acceptors (Lipinski definition) is 4.